The first kappa shape index (κ1) is 21.5. The van der Waals surface area contributed by atoms with Crippen molar-refractivity contribution in [2.45, 2.75) is 13.0 Å². The van der Waals surface area contributed by atoms with Gasteiger partial charge in [-0.3, -0.25) is 9.69 Å². The molecule has 0 saturated carbocycles. The molecule has 160 valence electrons. The van der Waals surface area contributed by atoms with Crippen LogP contribution in [0.3, 0.4) is 0 Å². The first-order valence-electron chi connectivity index (χ1n) is 10.1. The molecule has 3 nitrogen and oxygen atoms in total. The molecule has 3 aromatic carbocycles. The molecule has 3 aromatic rings. The van der Waals surface area contributed by atoms with Crippen molar-refractivity contribution in [3.05, 3.63) is 101 Å². The third-order valence-electron chi connectivity index (χ3n) is 5.74. The van der Waals surface area contributed by atoms with Gasteiger partial charge < -0.3 is 4.74 Å². The molecule has 0 radical (unpaired) electrons. The van der Waals surface area contributed by atoms with Crippen molar-refractivity contribution < 1.29 is 18.3 Å². The average Bonchev–Trinajstić information content (AvgIpc) is 2.70. The number of halogens is 3. The Hall–Kier alpha value is -2.76. The van der Waals surface area contributed by atoms with Crippen molar-refractivity contribution in [2.75, 3.05) is 13.1 Å². The van der Waals surface area contributed by atoms with Gasteiger partial charge in [-0.2, -0.15) is 0 Å². The topological polar surface area (TPSA) is 29.5 Å². The number of likely N-dealkylation sites (tertiary alicyclic amines) is 1. The molecule has 0 bridgehead atoms. The predicted molar refractivity (Wildman–Crippen MR) is 116 cm³/mol. The highest BCUT2D eigenvalue weighted by atomic mass is 35.5. The fourth-order valence-electron chi connectivity index (χ4n) is 3.96. The zero-order valence-corrected chi connectivity index (χ0v) is 17.7. The van der Waals surface area contributed by atoms with E-state index in [1.165, 1.54) is 0 Å². The summed E-state index contributed by atoms with van der Waals surface area (Å²) in [5, 5.41) is 0.683. The molecule has 1 aliphatic heterocycles. The number of benzene rings is 3. The van der Waals surface area contributed by atoms with Crippen LogP contribution in [0, 0.1) is 23.5 Å². The molecule has 2 atom stereocenters. The monoisotopic (exact) mass is 441 g/mol. The lowest BCUT2D eigenvalue weighted by Crippen LogP contribution is -2.52. The molecule has 1 aliphatic rings. The predicted octanol–water partition coefficient (Wildman–Crippen LogP) is 5.88. The Morgan fingerprint density at radius 3 is 2.16 bits per heavy atom. The molecular weight excluding hydrogens is 420 g/mol. The molecular formula is C25H22ClF2NO2. The summed E-state index contributed by atoms with van der Waals surface area (Å²) in [6.07, 6.45) is 0. The normalized spacial score (nSPS) is 16.4. The van der Waals surface area contributed by atoms with Crippen LogP contribution in [0.25, 0.3) is 0 Å². The SMILES string of the molecule is CC(C(=O)Oc1cc(F)cc(F)c1)C1CN(C(c2ccccc2)c2ccc(Cl)cc2)C1. The van der Waals surface area contributed by atoms with E-state index >= 15 is 0 Å². The lowest BCUT2D eigenvalue weighted by molar-refractivity contribution is -0.143. The molecule has 31 heavy (non-hydrogen) atoms. The second-order valence-electron chi connectivity index (χ2n) is 7.89. The zero-order valence-electron chi connectivity index (χ0n) is 17.0. The van der Waals surface area contributed by atoms with E-state index in [9.17, 15) is 13.6 Å². The van der Waals surface area contributed by atoms with Crippen molar-refractivity contribution >= 4 is 17.6 Å². The van der Waals surface area contributed by atoms with E-state index in [4.69, 9.17) is 16.3 Å². The number of carbonyl (C=O) groups is 1. The van der Waals surface area contributed by atoms with Crippen molar-refractivity contribution in [3.63, 3.8) is 0 Å². The van der Waals surface area contributed by atoms with Gasteiger partial charge in [-0.1, -0.05) is 61.0 Å². The highest BCUT2D eigenvalue weighted by Crippen LogP contribution is 2.37. The minimum atomic E-state index is -0.779. The molecule has 0 aromatic heterocycles. The maximum atomic E-state index is 13.4. The standard InChI is InChI=1S/C25H22ClF2NO2/c1-16(25(30)31-23-12-21(27)11-22(28)13-23)19-14-29(15-19)24(17-5-3-2-4-6-17)18-7-9-20(26)10-8-18/h2-13,16,19,24H,14-15H2,1H3. The number of ether oxygens (including phenoxy) is 1. The summed E-state index contributed by atoms with van der Waals surface area (Å²) < 4.78 is 31.9. The summed E-state index contributed by atoms with van der Waals surface area (Å²) in [6.45, 7) is 3.20. The van der Waals surface area contributed by atoms with Crippen molar-refractivity contribution in [1.82, 2.24) is 4.90 Å². The maximum Gasteiger partial charge on any atom is 0.314 e. The first-order chi connectivity index (χ1) is 14.9. The summed E-state index contributed by atoms with van der Waals surface area (Å²) in [5.74, 6) is -2.47. The molecule has 0 N–H and O–H groups in total. The van der Waals surface area contributed by atoms with Gasteiger partial charge in [0.2, 0.25) is 0 Å². The third kappa shape index (κ3) is 4.94. The molecule has 1 saturated heterocycles. The van der Waals surface area contributed by atoms with Gasteiger partial charge in [0.15, 0.2) is 0 Å². The summed E-state index contributed by atoms with van der Waals surface area (Å²) in [4.78, 5) is 14.8. The molecule has 6 heteroatoms. The van der Waals surface area contributed by atoms with Crippen molar-refractivity contribution in [1.29, 1.82) is 0 Å². The van der Waals surface area contributed by atoms with Gasteiger partial charge in [0.1, 0.15) is 17.4 Å². The number of rotatable bonds is 6. The molecule has 1 fully saturated rings. The van der Waals surface area contributed by atoms with E-state index in [1.807, 2.05) is 42.5 Å². The van der Waals surface area contributed by atoms with Gasteiger partial charge in [0.25, 0.3) is 0 Å². The van der Waals surface area contributed by atoms with E-state index in [0.717, 1.165) is 29.3 Å². The number of hydrogen-bond donors (Lipinski definition) is 0. The number of nitrogens with zero attached hydrogens (tertiary/aromatic N) is 1. The number of hydrogen-bond acceptors (Lipinski definition) is 3. The third-order valence-corrected chi connectivity index (χ3v) is 5.99. The van der Waals surface area contributed by atoms with Crippen LogP contribution in [-0.4, -0.2) is 24.0 Å². The summed E-state index contributed by atoms with van der Waals surface area (Å²) >= 11 is 6.06. The van der Waals surface area contributed by atoms with Gasteiger partial charge in [-0.15, -0.1) is 0 Å². The molecule has 0 spiro atoms. The molecule has 2 unspecified atom stereocenters. The van der Waals surface area contributed by atoms with E-state index in [-0.39, 0.29) is 17.7 Å². The highest BCUT2D eigenvalue weighted by molar-refractivity contribution is 6.30. The Kier molecular flexibility index (Phi) is 6.35. The largest absolute Gasteiger partial charge is 0.426 e. The van der Waals surface area contributed by atoms with Crippen LogP contribution in [0.5, 0.6) is 5.75 Å². The van der Waals surface area contributed by atoms with Crippen LogP contribution in [0.4, 0.5) is 8.78 Å². The lowest BCUT2D eigenvalue weighted by Gasteiger charge is -2.46. The van der Waals surface area contributed by atoms with E-state index in [1.54, 1.807) is 6.92 Å². The van der Waals surface area contributed by atoms with E-state index in [2.05, 4.69) is 17.0 Å². The minimum absolute atomic E-state index is 0.0512. The van der Waals surface area contributed by atoms with Crippen LogP contribution < -0.4 is 4.74 Å². The summed E-state index contributed by atoms with van der Waals surface area (Å²) in [7, 11) is 0. The molecule has 1 heterocycles. The molecule has 0 aliphatic carbocycles. The second-order valence-corrected chi connectivity index (χ2v) is 8.33. The van der Waals surface area contributed by atoms with Crippen molar-refractivity contribution in [3.8, 4) is 5.75 Å². The van der Waals surface area contributed by atoms with E-state index < -0.39 is 23.5 Å². The van der Waals surface area contributed by atoms with Gasteiger partial charge >= 0.3 is 5.97 Å². The summed E-state index contributed by atoms with van der Waals surface area (Å²) in [5.41, 5.74) is 2.29. The molecule has 4 rings (SSSR count). The Morgan fingerprint density at radius 1 is 0.968 bits per heavy atom. The Morgan fingerprint density at radius 2 is 1.55 bits per heavy atom. The molecule has 0 amide bonds. The zero-order chi connectivity index (χ0) is 22.0. The highest BCUT2D eigenvalue weighted by Gasteiger charge is 2.39. The van der Waals surface area contributed by atoms with Crippen LogP contribution >= 0.6 is 11.6 Å². The van der Waals surface area contributed by atoms with Gasteiger partial charge in [-0.25, -0.2) is 8.78 Å². The fourth-order valence-corrected chi connectivity index (χ4v) is 4.09. The average molecular weight is 442 g/mol. The Balaban J connectivity index is 1.45. The van der Waals surface area contributed by atoms with Crippen molar-refractivity contribution in [2.24, 2.45) is 11.8 Å². The minimum Gasteiger partial charge on any atom is -0.426 e. The maximum absolute atomic E-state index is 13.4. The Labute approximate surface area is 185 Å². The van der Waals surface area contributed by atoms with Crippen LogP contribution in [-0.2, 0) is 4.79 Å². The van der Waals surface area contributed by atoms with Gasteiger partial charge in [-0.05, 0) is 29.2 Å². The van der Waals surface area contributed by atoms with Crippen LogP contribution in [0.2, 0.25) is 5.02 Å². The smallest absolute Gasteiger partial charge is 0.314 e. The number of carbonyl (C=O) groups excluding carboxylic acids is 1. The van der Waals surface area contributed by atoms with Gasteiger partial charge in [0.05, 0.1) is 12.0 Å². The fraction of sp³-hybridized carbons (Fsp3) is 0.240. The van der Waals surface area contributed by atoms with Crippen LogP contribution in [0.1, 0.15) is 24.1 Å². The summed E-state index contributed by atoms with van der Waals surface area (Å²) in [6, 6.07) is 20.8. The second kappa shape index (κ2) is 9.16. The van der Waals surface area contributed by atoms with Crippen LogP contribution in [0.15, 0.2) is 72.8 Å². The Bertz CT molecular complexity index is 1030. The first-order valence-corrected chi connectivity index (χ1v) is 10.5. The lowest BCUT2D eigenvalue weighted by atomic mass is 9.83. The number of esters is 1. The van der Waals surface area contributed by atoms with E-state index in [0.29, 0.717) is 18.1 Å². The van der Waals surface area contributed by atoms with Gasteiger partial charge in [0, 0.05) is 36.3 Å². The quantitative estimate of drug-likeness (QED) is 0.353.